The highest BCUT2D eigenvalue weighted by atomic mass is 19.1. The van der Waals surface area contributed by atoms with Crippen molar-refractivity contribution in [3.8, 4) is 6.07 Å². The molecule has 1 rings (SSSR count). The minimum absolute atomic E-state index is 0.261. The van der Waals surface area contributed by atoms with Gasteiger partial charge in [0.2, 0.25) is 5.95 Å². The van der Waals surface area contributed by atoms with E-state index in [0.29, 0.717) is 12.8 Å². The van der Waals surface area contributed by atoms with Crippen LogP contribution in [0.15, 0.2) is 0 Å². The lowest BCUT2D eigenvalue weighted by atomic mass is 10.0. The Balaban J connectivity index is 3.50. The molecule has 4 heteroatoms. The molecule has 0 saturated heterocycles. The van der Waals surface area contributed by atoms with E-state index in [1.165, 1.54) is 6.07 Å². The second-order valence-electron chi connectivity index (χ2n) is 2.84. The van der Waals surface area contributed by atoms with Crippen molar-refractivity contribution in [2.45, 2.75) is 26.7 Å². The average molecular weight is 196 g/mol. The van der Waals surface area contributed by atoms with Gasteiger partial charge < -0.3 is 0 Å². The lowest BCUT2D eigenvalue weighted by Gasteiger charge is -2.08. The van der Waals surface area contributed by atoms with E-state index in [4.69, 9.17) is 5.26 Å². The summed E-state index contributed by atoms with van der Waals surface area (Å²) in [5, 5.41) is 8.51. The molecule has 0 amide bonds. The van der Waals surface area contributed by atoms with Gasteiger partial charge in [0.1, 0.15) is 6.07 Å². The molecule has 0 aliphatic carbocycles. The van der Waals surface area contributed by atoms with Crippen molar-refractivity contribution in [2.75, 3.05) is 0 Å². The van der Waals surface area contributed by atoms with Crippen LogP contribution in [-0.2, 0) is 12.8 Å². The Bertz CT molecular complexity index is 390. The number of aromatic nitrogens is 1. The molecule has 0 atom stereocenters. The van der Waals surface area contributed by atoms with E-state index in [2.05, 4.69) is 4.98 Å². The largest absolute Gasteiger partial charge is 0.217 e. The number of rotatable bonds is 2. The Kier molecular flexibility index (Phi) is 3.13. The van der Waals surface area contributed by atoms with Crippen molar-refractivity contribution >= 4 is 0 Å². The first kappa shape index (κ1) is 10.6. The topological polar surface area (TPSA) is 36.7 Å². The minimum Gasteiger partial charge on any atom is -0.205 e. The van der Waals surface area contributed by atoms with E-state index in [1.54, 1.807) is 13.8 Å². The van der Waals surface area contributed by atoms with Gasteiger partial charge >= 0.3 is 0 Å². The fraction of sp³-hybridized carbons (Fsp3) is 0.400. The summed E-state index contributed by atoms with van der Waals surface area (Å²) in [6, 6.07) is 1.54. The van der Waals surface area contributed by atoms with Crippen molar-refractivity contribution in [2.24, 2.45) is 0 Å². The average Bonchev–Trinajstić information content (AvgIpc) is 2.20. The van der Waals surface area contributed by atoms with Crippen LogP contribution in [0.25, 0.3) is 0 Å². The molecule has 0 spiro atoms. The monoisotopic (exact) mass is 196 g/mol. The van der Waals surface area contributed by atoms with Crippen LogP contribution in [0.4, 0.5) is 8.78 Å². The quantitative estimate of drug-likeness (QED) is 0.681. The number of pyridine rings is 1. The van der Waals surface area contributed by atoms with Gasteiger partial charge in [-0.3, -0.25) is 0 Å². The lowest BCUT2D eigenvalue weighted by Crippen LogP contribution is -2.06. The van der Waals surface area contributed by atoms with Gasteiger partial charge in [0.05, 0.1) is 0 Å². The molecule has 1 aromatic rings. The van der Waals surface area contributed by atoms with Gasteiger partial charge in [-0.2, -0.15) is 9.65 Å². The maximum Gasteiger partial charge on any atom is 0.217 e. The molecule has 0 aliphatic rings. The Morgan fingerprint density at radius 2 is 1.79 bits per heavy atom. The SMILES string of the molecule is CCc1c(F)nc(C#N)c(F)c1CC. The molecule has 0 saturated carbocycles. The van der Waals surface area contributed by atoms with Crippen molar-refractivity contribution in [3.05, 3.63) is 28.6 Å². The summed E-state index contributed by atoms with van der Waals surface area (Å²) < 4.78 is 26.7. The molecule has 0 bridgehead atoms. The summed E-state index contributed by atoms with van der Waals surface area (Å²) in [6.45, 7) is 3.45. The smallest absolute Gasteiger partial charge is 0.205 e. The first-order valence-corrected chi connectivity index (χ1v) is 4.42. The fourth-order valence-corrected chi connectivity index (χ4v) is 1.42. The molecule has 14 heavy (non-hydrogen) atoms. The molecule has 74 valence electrons. The second kappa shape index (κ2) is 4.14. The maximum absolute atomic E-state index is 13.4. The number of nitriles is 1. The van der Waals surface area contributed by atoms with Gasteiger partial charge in [-0.15, -0.1) is 0 Å². The van der Waals surface area contributed by atoms with E-state index in [9.17, 15) is 8.78 Å². The summed E-state index contributed by atoms with van der Waals surface area (Å²) in [5.74, 6) is -1.42. The van der Waals surface area contributed by atoms with Gasteiger partial charge in [-0.1, -0.05) is 13.8 Å². The van der Waals surface area contributed by atoms with Crippen molar-refractivity contribution < 1.29 is 8.78 Å². The van der Waals surface area contributed by atoms with E-state index < -0.39 is 17.5 Å². The van der Waals surface area contributed by atoms with Gasteiger partial charge in [0.15, 0.2) is 11.5 Å². The zero-order valence-electron chi connectivity index (χ0n) is 8.06. The van der Waals surface area contributed by atoms with Gasteiger partial charge in [0, 0.05) is 5.56 Å². The summed E-state index contributed by atoms with van der Waals surface area (Å²) in [4.78, 5) is 3.27. The zero-order valence-corrected chi connectivity index (χ0v) is 8.06. The predicted octanol–water partition coefficient (Wildman–Crippen LogP) is 2.36. The Morgan fingerprint density at radius 3 is 2.21 bits per heavy atom. The Labute approximate surface area is 81.2 Å². The van der Waals surface area contributed by atoms with Crippen LogP contribution in [-0.4, -0.2) is 4.98 Å². The maximum atomic E-state index is 13.4. The summed E-state index contributed by atoms with van der Waals surface area (Å²) in [7, 11) is 0. The first-order chi connectivity index (χ1) is 6.65. The molecular weight excluding hydrogens is 186 g/mol. The molecule has 2 nitrogen and oxygen atoms in total. The summed E-state index contributed by atoms with van der Waals surface area (Å²) in [6.07, 6.45) is 0.744. The highest BCUT2D eigenvalue weighted by molar-refractivity contribution is 5.34. The lowest BCUT2D eigenvalue weighted by molar-refractivity contribution is 0.531. The zero-order chi connectivity index (χ0) is 10.7. The number of hydrogen-bond donors (Lipinski definition) is 0. The molecule has 1 aromatic heterocycles. The Hall–Kier alpha value is -1.50. The molecular formula is C10H10F2N2. The van der Waals surface area contributed by atoms with E-state index >= 15 is 0 Å². The number of hydrogen-bond acceptors (Lipinski definition) is 2. The van der Waals surface area contributed by atoms with Crippen LogP contribution < -0.4 is 0 Å². The molecule has 0 aromatic carbocycles. The van der Waals surface area contributed by atoms with E-state index in [1.807, 2.05) is 0 Å². The molecule has 0 radical (unpaired) electrons. The molecule has 1 heterocycles. The van der Waals surface area contributed by atoms with Crippen LogP contribution in [0.1, 0.15) is 30.7 Å². The number of nitrogens with zero attached hydrogens (tertiary/aromatic N) is 2. The predicted molar refractivity (Wildman–Crippen MR) is 47.6 cm³/mol. The summed E-state index contributed by atoms with van der Waals surface area (Å²) >= 11 is 0. The standard InChI is InChI=1S/C10H10F2N2/c1-3-6-7(4-2)10(12)14-8(5-13)9(6)11/h3-4H2,1-2H3. The normalized spacial score (nSPS) is 9.93. The van der Waals surface area contributed by atoms with E-state index in [0.717, 1.165) is 0 Å². The molecule has 0 unspecified atom stereocenters. The molecule has 0 aliphatic heterocycles. The highest BCUT2D eigenvalue weighted by Gasteiger charge is 2.17. The Morgan fingerprint density at radius 1 is 1.21 bits per heavy atom. The number of halogens is 2. The van der Waals surface area contributed by atoms with Gasteiger partial charge in [0.25, 0.3) is 0 Å². The summed E-state index contributed by atoms with van der Waals surface area (Å²) in [5.41, 5.74) is 0.0668. The highest BCUT2D eigenvalue weighted by Crippen LogP contribution is 2.19. The third kappa shape index (κ3) is 1.58. The van der Waals surface area contributed by atoms with Crippen LogP contribution in [0, 0.1) is 23.1 Å². The van der Waals surface area contributed by atoms with Crippen LogP contribution in [0.5, 0.6) is 0 Å². The van der Waals surface area contributed by atoms with Crippen LogP contribution in [0.3, 0.4) is 0 Å². The fourth-order valence-electron chi connectivity index (χ4n) is 1.42. The third-order valence-corrected chi connectivity index (χ3v) is 2.11. The van der Waals surface area contributed by atoms with Crippen molar-refractivity contribution in [1.82, 2.24) is 4.98 Å². The van der Waals surface area contributed by atoms with Gasteiger partial charge in [-0.25, -0.2) is 9.37 Å². The van der Waals surface area contributed by atoms with E-state index in [-0.39, 0.29) is 11.1 Å². The third-order valence-electron chi connectivity index (χ3n) is 2.11. The van der Waals surface area contributed by atoms with Gasteiger partial charge in [-0.05, 0) is 18.4 Å². The second-order valence-corrected chi connectivity index (χ2v) is 2.84. The molecule has 0 fully saturated rings. The van der Waals surface area contributed by atoms with Crippen LogP contribution >= 0.6 is 0 Å². The van der Waals surface area contributed by atoms with Crippen molar-refractivity contribution in [3.63, 3.8) is 0 Å². The van der Waals surface area contributed by atoms with Crippen LogP contribution in [0.2, 0.25) is 0 Å². The first-order valence-electron chi connectivity index (χ1n) is 4.42. The van der Waals surface area contributed by atoms with Crippen molar-refractivity contribution in [1.29, 1.82) is 5.26 Å². The molecule has 0 N–H and O–H groups in total. The minimum atomic E-state index is -0.734.